The van der Waals surface area contributed by atoms with E-state index in [1.165, 1.54) is 17.8 Å². The minimum absolute atomic E-state index is 0.184. The average molecular weight is 274 g/mol. The first-order chi connectivity index (χ1) is 6.77. The molecule has 14 heavy (non-hydrogen) atoms. The number of rotatable bonds is 1. The van der Waals surface area contributed by atoms with E-state index in [9.17, 15) is 4.79 Å². The fourth-order valence-corrected chi connectivity index (χ4v) is 3.03. The second-order valence-corrected chi connectivity index (χ2v) is 5.71. The summed E-state index contributed by atoms with van der Waals surface area (Å²) < 4.78 is 0. The summed E-state index contributed by atoms with van der Waals surface area (Å²) in [5.41, 5.74) is 0. The highest BCUT2D eigenvalue weighted by molar-refractivity contribution is 9.09. The van der Waals surface area contributed by atoms with Crippen LogP contribution in [0.4, 0.5) is 0 Å². The third-order valence-electron chi connectivity index (χ3n) is 2.38. The number of alkyl halides is 1. The minimum atomic E-state index is 0.184. The van der Waals surface area contributed by atoms with E-state index in [2.05, 4.69) is 15.9 Å². The summed E-state index contributed by atoms with van der Waals surface area (Å²) in [6, 6.07) is 3.82. The minimum Gasteiger partial charge on any atom is -0.337 e. The van der Waals surface area contributed by atoms with Gasteiger partial charge in [0.1, 0.15) is 0 Å². The topological polar surface area (TPSA) is 20.3 Å². The quantitative estimate of drug-likeness (QED) is 0.721. The summed E-state index contributed by atoms with van der Waals surface area (Å²) in [6.45, 7) is 1.75. The van der Waals surface area contributed by atoms with Gasteiger partial charge in [0.25, 0.3) is 5.91 Å². The van der Waals surface area contributed by atoms with Gasteiger partial charge in [0, 0.05) is 17.9 Å². The van der Waals surface area contributed by atoms with Crippen LogP contribution in [0, 0.1) is 0 Å². The van der Waals surface area contributed by atoms with Gasteiger partial charge in [0.05, 0.1) is 4.88 Å². The fraction of sp³-hybridized carbons (Fsp3) is 0.500. The molecular formula is C10H12BrNOS. The molecule has 0 spiro atoms. The maximum absolute atomic E-state index is 11.9. The number of carbonyl (C=O) groups excluding carboxylic acids is 1. The van der Waals surface area contributed by atoms with Crippen molar-refractivity contribution in [3.05, 3.63) is 22.4 Å². The van der Waals surface area contributed by atoms with Gasteiger partial charge < -0.3 is 4.90 Å². The monoisotopic (exact) mass is 273 g/mol. The molecule has 0 radical (unpaired) electrons. The van der Waals surface area contributed by atoms with Crippen molar-refractivity contribution < 1.29 is 4.79 Å². The summed E-state index contributed by atoms with van der Waals surface area (Å²) in [7, 11) is 0. The number of amides is 1. The van der Waals surface area contributed by atoms with Gasteiger partial charge in [-0.3, -0.25) is 4.79 Å². The predicted molar refractivity (Wildman–Crippen MR) is 62.2 cm³/mol. The Morgan fingerprint density at radius 3 is 3.14 bits per heavy atom. The molecule has 76 valence electrons. The van der Waals surface area contributed by atoms with Crippen molar-refractivity contribution in [2.24, 2.45) is 0 Å². The van der Waals surface area contributed by atoms with Gasteiger partial charge >= 0.3 is 0 Å². The lowest BCUT2D eigenvalue weighted by molar-refractivity contribution is 0.0735. The molecule has 0 aliphatic carbocycles. The zero-order valence-electron chi connectivity index (χ0n) is 7.78. The van der Waals surface area contributed by atoms with Crippen LogP contribution in [0.25, 0.3) is 0 Å². The first-order valence-corrected chi connectivity index (χ1v) is 6.54. The number of thiophene rings is 1. The lowest BCUT2D eigenvalue weighted by Gasteiger charge is -2.29. The van der Waals surface area contributed by atoms with E-state index in [4.69, 9.17) is 0 Å². The Morgan fingerprint density at radius 1 is 1.64 bits per heavy atom. The van der Waals surface area contributed by atoms with Crippen LogP contribution in [-0.2, 0) is 0 Å². The third kappa shape index (κ3) is 2.17. The highest BCUT2D eigenvalue weighted by Gasteiger charge is 2.23. The van der Waals surface area contributed by atoms with Crippen LogP contribution in [0.15, 0.2) is 17.5 Å². The molecule has 1 aromatic rings. The highest BCUT2D eigenvalue weighted by atomic mass is 79.9. The lowest BCUT2D eigenvalue weighted by Crippen LogP contribution is -2.39. The van der Waals surface area contributed by atoms with Crippen molar-refractivity contribution in [1.82, 2.24) is 4.90 Å². The molecule has 1 aromatic heterocycles. The number of piperidine rings is 1. The Kier molecular flexibility index (Phi) is 3.23. The van der Waals surface area contributed by atoms with Crippen molar-refractivity contribution in [1.29, 1.82) is 0 Å². The Balaban J connectivity index is 2.04. The van der Waals surface area contributed by atoms with Crippen molar-refractivity contribution in [2.75, 3.05) is 13.1 Å². The number of hydrogen-bond acceptors (Lipinski definition) is 2. The third-order valence-corrected chi connectivity index (χ3v) is 3.99. The number of likely N-dealkylation sites (tertiary alicyclic amines) is 1. The molecule has 1 aliphatic rings. The SMILES string of the molecule is O=C(c1cccs1)N1CCCC(Br)C1. The summed E-state index contributed by atoms with van der Waals surface area (Å²) >= 11 is 5.09. The summed E-state index contributed by atoms with van der Waals surface area (Å²) in [4.78, 5) is 15.2. The van der Waals surface area contributed by atoms with E-state index >= 15 is 0 Å². The van der Waals surface area contributed by atoms with Crippen molar-refractivity contribution in [2.45, 2.75) is 17.7 Å². The molecule has 2 nitrogen and oxygen atoms in total. The summed E-state index contributed by atoms with van der Waals surface area (Å²) in [5, 5.41) is 1.95. The average Bonchev–Trinajstić information content (AvgIpc) is 2.69. The number of nitrogens with zero attached hydrogens (tertiary/aromatic N) is 1. The summed E-state index contributed by atoms with van der Waals surface area (Å²) in [5.74, 6) is 0.184. The molecule has 0 aromatic carbocycles. The molecule has 1 atom stereocenters. The molecule has 1 fully saturated rings. The van der Waals surface area contributed by atoms with Crippen LogP contribution < -0.4 is 0 Å². The molecular weight excluding hydrogens is 262 g/mol. The molecule has 4 heteroatoms. The zero-order valence-corrected chi connectivity index (χ0v) is 10.2. The van der Waals surface area contributed by atoms with Crippen LogP contribution in [-0.4, -0.2) is 28.7 Å². The van der Waals surface area contributed by atoms with E-state index in [0.717, 1.165) is 24.4 Å². The fourth-order valence-electron chi connectivity index (χ4n) is 1.67. The van der Waals surface area contributed by atoms with Crippen LogP contribution in [0.2, 0.25) is 0 Å². The number of carbonyl (C=O) groups is 1. The molecule has 1 unspecified atom stereocenters. The smallest absolute Gasteiger partial charge is 0.263 e. The molecule has 0 bridgehead atoms. The van der Waals surface area contributed by atoms with Crippen molar-refractivity contribution in [3.8, 4) is 0 Å². The molecule has 2 heterocycles. The van der Waals surface area contributed by atoms with Gasteiger partial charge in [-0.25, -0.2) is 0 Å². The van der Waals surface area contributed by atoms with Gasteiger partial charge in [0.15, 0.2) is 0 Å². The van der Waals surface area contributed by atoms with Crippen molar-refractivity contribution in [3.63, 3.8) is 0 Å². The Labute approximate surface area is 96.0 Å². The van der Waals surface area contributed by atoms with Gasteiger partial charge in [-0.2, -0.15) is 0 Å². The van der Waals surface area contributed by atoms with E-state index in [1.807, 2.05) is 22.4 Å². The molecule has 1 aliphatic heterocycles. The highest BCUT2D eigenvalue weighted by Crippen LogP contribution is 2.20. The number of halogens is 1. The van der Waals surface area contributed by atoms with Gasteiger partial charge in [-0.1, -0.05) is 22.0 Å². The normalized spacial score (nSPS) is 22.4. The summed E-state index contributed by atoms with van der Waals surface area (Å²) in [6.07, 6.45) is 2.28. The zero-order chi connectivity index (χ0) is 9.97. The second kappa shape index (κ2) is 4.45. The van der Waals surface area contributed by atoms with E-state index in [-0.39, 0.29) is 5.91 Å². The molecule has 2 rings (SSSR count). The van der Waals surface area contributed by atoms with Crippen LogP contribution in [0.5, 0.6) is 0 Å². The Morgan fingerprint density at radius 2 is 2.50 bits per heavy atom. The van der Waals surface area contributed by atoms with Crippen molar-refractivity contribution >= 4 is 33.2 Å². The molecule has 1 saturated heterocycles. The molecule has 0 N–H and O–H groups in total. The van der Waals surface area contributed by atoms with E-state index in [0.29, 0.717) is 4.83 Å². The molecule has 0 saturated carbocycles. The van der Waals surface area contributed by atoms with E-state index in [1.54, 1.807) is 0 Å². The predicted octanol–water partition coefficient (Wildman–Crippen LogP) is 2.75. The maximum Gasteiger partial charge on any atom is 0.263 e. The van der Waals surface area contributed by atoms with Crippen LogP contribution in [0.1, 0.15) is 22.5 Å². The largest absolute Gasteiger partial charge is 0.337 e. The first kappa shape index (κ1) is 10.2. The second-order valence-electron chi connectivity index (χ2n) is 3.47. The maximum atomic E-state index is 11.9. The van der Waals surface area contributed by atoms with Gasteiger partial charge in [0.2, 0.25) is 0 Å². The van der Waals surface area contributed by atoms with Crippen LogP contribution >= 0.6 is 27.3 Å². The molecule has 1 amide bonds. The Bertz CT molecular complexity index is 312. The first-order valence-electron chi connectivity index (χ1n) is 4.74. The Hall–Kier alpha value is -0.350. The number of hydrogen-bond donors (Lipinski definition) is 0. The lowest BCUT2D eigenvalue weighted by atomic mass is 10.1. The van der Waals surface area contributed by atoms with Gasteiger partial charge in [-0.05, 0) is 24.3 Å². The van der Waals surface area contributed by atoms with Gasteiger partial charge in [-0.15, -0.1) is 11.3 Å². The standard InChI is InChI=1S/C10H12BrNOS/c11-8-3-1-5-12(7-8)10(13)9-4-2-6-14-9/h2,4,6,8H,1,3,5,7H2. The van der Waals surface area contributed by atoms with Crippen LogP contribution in [0.3, 0.4) is 0 Å². The van der Waals surface area contributed by atoms with E-state index < -0.39 is 0 Å².